The van der Waals surface area contributed by atoms with Crippen molar-refractivity contribution in [2.75, 3.05) is 30.3 Å². The molecule has 0 bridgehead atoms. The quantitative estimate of drug-likeness (QED) is 0.135. The number of amides is 1. The standard InChI is InChI=1S/C9H12N2.C8H12N2O2.C8H10N2.2C7H12N2.C7H11N.C5H9N.C4H6N2O.6C2H6.2CH4/c1-7-4-5-8-3-2-6-10-9(8)11-7;1-5-6(2)9(3)8(12)10(4)7(5)11;1-3-7-4-2-6-10-8(7)9-5-1;2*1-5-6(2)9(4)7(3)8-5;1-5-4-6(2)8-7(5)3;1-5-3-2-4-6-5;1-3-5-2-4(7)6-3;6*1-2;;/h2-3,6-7H,4-5H2,1H3,(H,10,11);1-4H3;1,3,5H,2,4,6H2,(H,9,10);2*1-4H3;4H2,1-3H3;2-4H2,1H3;2H2,1H3,(H,5,6,7);6*1-2H3;2*1H4. The molecule has 0 aromatic carbocycles. The molecule has 1 amide bonds. The van der Waals surface area contributed by atoms with Gasteiger partial charge in [-0.25, -0.2) is 24.7 Å². The fourth-order valence-electron chi connectivity index (χ4n) is 7.70. The number of aryl methyl sites for hydroxylation is 6. The zero-order valence-corrected chi connectivity index (χ0v) is 58.8. The SMILES string of the molecule is C.C.CC.CC.CC.CC.CC.CC.CC1=NC(C)=C(C)C1.CC1=NCC(=O)N1.CC1=NCCC1.CC1CCc2cccnc2N1.Cc1c(C)n(C)c(=O)n(C)c1=O.Cc1nc(C)n(C)c1C.Cc1nc(C)n(C)c1C.c1cnc2c(c1)CCCN2. The number of allylic oxidation sites excluding steroid dienone is 2. The Labute approximate surface area is 525 Å². The summed E-state index contributed by atoms with van der Waals surface area (Å²) in [6.45, 7) is 54.5. The lowest BCUT2D eigenvalue weighted by atomic mass is 10.0. The van der Waals surface area contributed by atoms with E-state index in [0.29, 0.717) is 18.2 Å². The minimum absolute atomic E-state index is 0. The van der Waals surface area contributed by atoms with Crippen LogP contribution in [0.5, 0.6) is 0 Å². The van der Waals surface area contributed by atoms with Crippen molar-refractivity contribution in [3.8, 4) is 0 Å². The van der Waals surface area contributed by atoms with Crippen molar-refractivity contribution in [2.24, 2.45) is 43.2 Å². The predicted molar refractivity (Wildman–Crippen MR) is 379 cm³/mol. The van der Waals surface area contributed by atoms with Gasteiger partial charge in [-0.1, -0.05) is 110 Å². The predicted octanol–water partition coefficient (Wildman–Crippen LogP) is 16.0. The first-order valence-corrected chi connectivity index (χ1v) is 31.0. The van der Waals surface area contributed by atoms with E-state index in [0.717, 1.165) is 76.7 Å². The van der Waals surface area contributed by atoms with Crippen LogP contribution in [-0.4, -0.2) is 87.0 Å². The Kier molecular flexibility index (Phi) is 55.2. The molecule has 0 saturated heterocycles. The first-order valence-electron chi connectivity index (χ1n) is 31.0. The Bertz CT molecular complexity index is 2700. The van der Waals surface area contributed by atoms with E-state index in [1.165, 1.54) is 88.9 Å². The van der Waals surface area contributed by atoms with Gasteiger partial charge in [0.25, 0.3) is 5.56 Å². The van der Waals surface area contributed by atoms with Crippen molar-refractivity contribution >= 4 is 34.8 Å². The average molecular weight is 1200 g/mol. The van der Waals surface area contributed by atoms with E-state index in [2.05, 4.69) is 121 Å². The van der Waals surface area contributed by atoms with Gasteiger partial charge in [0.15, 0.2) is 0 Å². The minimum Gasteiger partial charge on any atom is -0.370 e. The second-order valence-corrected chi connectivity index (χ2v) is 18.9. The molecule has 10 rings (SSSR count). The molecule has 17 nitrogen and oxygen atoms in total. The van der Waals surface area contributed by atoms with Gasteiger partial charge in [0.05, 0.1) is 11.4 Å². The number of nitrogens with one attached hydrogen (secondary N) is 3. The molecule has 5 aliphatic rings. The summed E-state index contributed by atoms with van der Waals surface area (Å²) < 4.78 is 6.77. The summed E-state index contributed by atoms with van der Waals surface area (Å²) in [6.07, 6.45) is 12.1. The van der Waals surface area contributed by atoms with E-state index in [4.69, 9.17) is 0 Å². The normalized spacial score (nSPS) is 13.5. The van der Waals surface area contributed by atoms with Gasteiger partial charge in [-0.3, -0.25) is 29.1 Å². The maximum atomic E-state index is 11.3. The molecule has 5 aromatic heterocycles. The Morgan fingerprint density at radius 1 is 0.547 bits per heavy atom. The third kappa shape index (κ3) is 33.8. The number of rotatable bonds is 0. The van der Waals surface area contributed by atoms with Gasteiger partial charge in [-0.15, -0.1) is 0 Å². The average Bonchev–Trinajstić information content (AvgIpc) is 4.48. The van der Waals surface area contributed by atoms with E-state index in [-0.39, 0.29) is 32.0 Å². The number of imidazole rings is 2. The van der Waals surface area contributed by atoms with Crippen molar-refractivity contribution in [1.82, 2.24) is 43.5 Å². The number of carbonyl (C=O) groups is 1. The second-order valence-electron chi connectivity index (χ2n) is 18.9. The molecule has 1 atom stereocenters. The molecule has 86 heavy (non-hydrogen) atoms. The summed E-state index contributed by atoms with van der Waals surface area (Å²) in [5.41, 5.74) is 13.6. The van der Waals surface area contributed by atoms with Crippen LogP contribution in [-0.2, 0) is 45.8 Å². The van der Waals surface area contributed by atoms with Crippen LogP contribution in [0.3, 0.4) is 0 Å². The molecule has 0 spiro atoms. The highest BCUT2D eigenvalue weighted by Crippen LogP contribution is 2.21. The molecule has 0 radical (unpaired) electrons. The Hall–Kier alpha value is -6.78. The lowest BCUT2D eigenvalue weighted by Crippen LogP contribution is -2.39. The number of fused-ring (bicyclic) bond motifs is 2. The third-order valence-corrected chi connectivity index (χ3v) is 13.2. The molecule has 0 saturated carbocycles. The summed E-state index contributed by atoms with van der Waals surface area (Å²) in [5, 5.41) is 9.13. The molecule has 5 aliphatic heterocycles. The van der Waals surface area contributed by atoms with Crippen molar-refractivity contribution < 1.29 is 4.79 Å². The zero-order chi connectivity index (χ0) is 65.8. The van der Waals surface area contributed by atoms with Crippen LogP contribution in [0.25, 0.3) is 0 Å². The van der Waals surface area contributed by atoms with Crippen LogP contribution in [0.1, 0.15) is 228 Å². The number of aromatic nitrogens is 8. The molecular weight excluding hydrogens is 1070 g/mol. The van der Waals surface area contributed by atoms with Crippen LogP contribution in [0.4, 0.5) is 11.6 Å². The topological polar surface area (TPSA) is 196 Å². The monoisotopic (exact) mass is 1200 g/mol. The van der Waals surface area contributed by atoms with Gasteiger partial charge in [0.2, 0.25) is 5.91 Å². The Morgan fingerprint density at radius 2 is 1.02 bits per heavy atom. The summed E-state index contributed by atoms with van der Waals surface area (Å²) in [6, 6.07) is 8.84. The number of hydrogen-bond donors (Lipinski definition) is 3. The second kappa shape index (κ2) is 52.5. The van der Waals surface area contributed by atoms with E-state index in [1.54, 1.807) is 27.8 Å². The lowest BCUT2D eigenvalue weighted by Gasteiger charge is -2.22. The van der Waals surface area contributed by atoms with Gasteiger partial charge in [-0.2, -0.15) is 0 Å². The summed E-state index contributed by atoms with van der Waals surface area (Å²) in [4.78, 5) is 62.0. The summed E-state index contributed by atoms with van der Waals surface area (Å²) >= 11 is 0. The first kappa shape index (κ1) is 90.4. The van der Waals surface area contributed by atoms with Crippen LogP contribution < -0.4 is 27.2 Å². The first-order chi connectivity index (χ1) is 39.9. The number of amidine groups is 1. The van der Waals surface area contributed by atoms with Crippen LogP contribution in [0, 0.1) is 55.4 Å². The van der Waals surface area contributed by atoms with Crippen molar-refractivity contribution in [1.29, 1.82) is 0 Å². The van der Waals surface area contributed by atoms with Gasteiger partial charge >= 0.3 is 5.69 Å². The van der Waals surface area contributed by atoms with Gasteiger partial charge in [-0.05, 0) is 164 Å². The van der Waals surface area contributed by atoms with Crippen LogP contribution >= 0.6 is 0 Å². The number of anilines is 2. The fourth-order valence-corrected chi connectivity index (χ4v) is 7.70. The molecule has 17 heteroatoms. The smallest absolute Gasteiger partial charge is 0.330 e. The highest BCUT2D eigenvalue weighted by Gasteiger charge is 2.14. The number of nitrogens with zero attached hydrogens (tertiary/aromatic N) is 11. The molecule has 492 valence electrons. The summed E-state index contributed by atoms with van der Waals surface area (Å²) in [7, 11) is 7.20. The van der Waals surface area contributed by atoms with Crippen molar-refractivity contribution in [3.63, 3.8) is 0 Å². The van der Waals surface area contributed by atoms with E-state index in [1.807, 2.05) is 149 Å². The fraction of sp³-hybridized carbons (Fsp3) is 0.623. The number of hydrogen-bond acceptors (Lipinski definition) is 12. The van der Waals surface area contributed by atoms with E-state index >= 15 is 0 Å². The Balaban J connectivity index is -0.000000208. The van der Waals surface area contributed by atoms with Gasteiger partial charge < -0.3 is 29.7 Å². The van der Waals surface area contributed by atoms with E-state index in [9.17, 15) is 14.4 Å². The lowest BCUT2D eigenvalue weighted by molar-refractivity contribution is -0.117. The summed E-state index contributed by atoms with van der Waals surface area (Å²) in [5.74, 6) is 5.05. The Morgan fingerprint density at radius 3 is 1.33 bits per heavy atom. The maximum absolute atomic E-state index is 11.3. The molecule has 5 aromatic rings. The highest BCUT2D eigenvalue weighted by atomic mass is 16.2. The van der Waals surface area contributed by atoms with Gasteiger partial charge in [0.1, 0.15) is 35.7 Å². The third-order valence-electron chi connectivity index (χ3n) is 13.2. The van der Waals surface area contributed by atoms with Crippen LogP contribution in [0.15, 0.2) is 72.5 Å². The molecular formula is C69H128N14O3. The van der Waals surface area contributed by atoms with Gasteiger partial charge in [0, 0.05) is 106 Å². The van der Waals surface area contributed by atoms with Crippen LogP contribution in [0.2, 0.25) is 0 Å². The largest absolute Gasteiger partial charge is 0.370 e. The number of aliphatic imine (C=N–C) groups is 3. The molecule has 0 aliphatic carbocycles. The maximum Gasteiger partial charge on any atom is 0.330 e. The number of pyridine rings is 2. The zero-order valence-electron chi connectivity index (χ0n) is 58.8. The molecule has 10 heterocycles. The minimum atomic E-state index is -0.275. The van der Waals surface area contributed by atoms with E-state index < -0.39 is 0 Å². The molecule has 3 N–H and O–H groups in total. The highest BCUT2D eigenvalue weighted by molar-refractivity contribution is 6.02. The number of carbonyl (C=O) groups excluding carboxylic acids is 1. The molecule has 0 fully saturated rings. The molecule has 1 unspecified atom stereocenters. The van der Waals surface area contributed by atoms with Crippen molar-refractivity contribution in [2.45, 2.75) is 246 Å². The van der Waals surface area contributed by atoms with Crippen molar-refractivity contribution in [3.05, 3.63) is 126 Å².